The second kappa shape index (κ2) is 15.1. The maximum Gasteiger partial charge on any atom is 0.243 e. The molecule has 0 aliphatic heterocycles. The van der Waals surface area contributed by atoms with Gasteiger partial charge in [0.2, 0.25) is 21.8 Å². The lowest BCUT2D eigenvalue weighted by molar-refractivity contribution is -0.141. The lowest BCUT2D eigenvalue weighted by Crippen LogP contribution is -2.52. The molecule has 0 spiro atoms. The molecule has 4 rings (SSSR count). The number of halogens is 1. The minimum atomic E-state index is -3.67. The summed E-state index contributed by atoms with van der Waals surface area (Å²) in [6, 6.07) is 22.2. The predicted molar refractivity (Wildman–Crippen MR) is 169 cm³/mol. The number of amides is 2. The van der Waals surface area contributed by atoms with Crippen LogP contribution in [0.25, 0.3) is 0 Å². The van der Waals surface area contributed by atoms with Crippen molar-refractivity contribution in [2.24, 2.45) is 0 Å². The van der Waals surface area contributed by atoms with E-state index >= 15 is 0 Å². The lowest BCUT2D eigenvalue weighted by atomic mass is 9.94. The molecule has 230 valence electrons. The van der Waals surface area contributed by atoms with E-state index in [1.807, 2.05) is 61.5 Å². The number of anilines is 1. The molecule has 3 aromatic rings. The van der Waals surface area contributed by atoms with Gasteiger partial charge in [-0.25, -0.2) is 12.8 Å². The van der Waals surface area contributed by atoms with Crippen LogP contribution in [0.4, 0.5) is 10.1 Å². The summed E-state index contributed by atoms with van der Waals surface area (Å²) in [5.74, 6) is -0.858. The van der Waals surface area contributed by atoms with Gasteiger partial charge in [-0.1, -0.05) is 79.4 Å². The number of nitrogens with one attached hydrogen (secondary N) is 1. The fourth-order valence-corrected chi connectivity index (χ4v) is 6.57. The molecule has 0 unspecified atom stereocenters. The van der Waals surface area contributed by atoms with Gasteiger partial charge >= 0.3 is 0 Å². The minimum Gasteiger partial charge on any atom is -0.352 e. The maximum atomic E-state index is 14.0. The average Bonchev–Trinajstić information content (AvgIpc) is 2.99. The van der Waals surface area contributed by atoms with Gasteiger partial charge in [0.15, 0.2) is 0 Å². The largest absolute Gasteiger partial charge is 0.352 e. The second-order valence-electron chi connectivity index (χ2n) is 11.5. The van der Waals surface area contributed by atoms with Crippen molar-refractivity contribution >= 4 is 27.5 Å². The highest BCUT2D eigenvalue weighted by molar-refractivity contribution is 7.92. The van der Waals surface area contributed by atoms with Crippen LogP contribution in [-0.4, -0.2) is 50.0 Å². The van der Waals surface area contributed by atoms with E-state index in [2.05, 4.69) is 5.32 Å². The van der Waals surface area contributed by atoms with Crippen molar-refractivity contribution in [3.05, 3.63) is 101 Å². The highest BCUT2D eigenvalue weighted by Crippen LogP contribution is 2.22. The Balaban J connectivity index is 1.58. The number of carbonyl (C=O) groups is 2. The van der Waals surface area contributed by atoms with Crippen LogP contribution in [0.15, 0.2) is 78.9 Å². The molecule has 1 aliphatic carbocycles. The van der Waals surface area contributed by atoms with Gasteiger partial charge in [-0.2, -0.15) is 0 Å². The van der Waals surface area contributed by atoms with Crippen molar-refractivity contribution in [1.29, 1.82) is 0 Å². The van der Waals surface area contributed by atoms with Gasteiger partial charge in [0.25, 0.3) is 0 Å². The predicted octanol–water partition coefficient (Wildman–Crippen LogP) is 5.77. The first-order chi connectivity index (χ1) is 20.6. The fraction of sp³-hybridized carbons (Fsp3) is 0.412. The zero-order valence-corrected chi connectivity index (χ0v) is 25.9. The van der Waals surface area contributed by atoms with Crippen molar-refractivity contribution in [2.75, 3.05) is 17.1 Å². The van der Waals surface area contributed by atoms with E-state index in [1.165, 1.54) is 35.0 Å². The molecule has 1 aliphatic rings. The normalized spacial score (nSPS) is 14.6. The molecule has 0 heterocycles. The summed E-state index contributed by atoms with van der Waals surface area (Å²) in [5, 5.41) is 3.24. The summed E-state index contributed by atoms with van der Waals surface area (Å²) in [5.41, 5.74) is 3.29. The number of benzene rings is 3. The molecule has 7 nitrogen and oxygen atoms in total. The molecule has 0 saturated heterocycles. The van der Waals surface area contributed by atoms with Crippen molar-refractivity contribution < 1.29 is 22.4 Å². The zero-order valence-electron chi connectivity index (χ0n) is 25.0. The van der Waals surface area contributed by atoms with Crippen molar-refractivity contribution in [2.45, 2.75) is 76.9 Å². The van der Waals surface area contributed by atoms with Gasteiger partial charge in [-0.3, -0.25) is 13.9 Å². The maximum absolute atomic E-state index is 14.0. The van der Waals surface area contributed by atoms with E-state index in [0.717, 1.165) is 48.6 Å². The monoisotopic (exact) mass is 607 g/mol. The van der Waals surface area contributed by atoms with Gasteiger partial charge in [0, 0.05) is 32.0 Å². The van der Waals surface area contributed by atoms with Crippen LogP contribution in [0.5, 0.6) is 0 Å². The van der Waals surface area contributed by atoms with E-state index in [1.54, 1.807) is 4.90 Å². The lowest BCUT2D eigenvalue weighted by Gasteiger charge is -2.34. The van der Waals surface area contributed by atoms with Crippen LogP contribution in [-0.2, 0) is 32.6 Å². The standard InChI is InChI=1S/C34H42FN3O4S/c1-26-15-17-28(18-16-26)25-37(33(39)14-9-23-38(43(2,41)42)31-21-19-29(35)20-22-31)32(24-27-10-5-3-6-11-27)34(40)36-30-12-7-4-8-13-30/h3,5-6,10-11,15-22,30,32H,4,7-9,12-14,23-25H2,1-2H3,(H,36,40)/t32-/m1/s1. The summed E-state index contributed by atoms with van der Waals surface area (Å²) >= 11 is 0. The van der Waals surface area contributed by atoms with Gasteiger partial charge in [-0.15, -0.1) is 0 Å². The summed E-state index contributed by atoms with van der Waals surface area (Å²) in [6.07, 6.45) is 6.91. The van der Waals surface area contributed by atoms with Crippen LogP contribution >= 0.6 is 0 Å². The van der Waals surface area contributed by atoms with Gasteiger partial charge < -0.3 is 10.2 Å². The Labute approximate surface area is 255 Å². The van der Waals surface area contributed by atoms with Crippen LogP contribution in [0, 0.1) is 12.7 Å². The zero-order chi connectivity index (χ0) is 30.8. The molecule has 1 N–H and O–H groups in total. The van der Waals surface area contributed by atoms with Crippen LogP contribution in [0.2, 0.25) is 0 Å². The summed E-state index contributed by atoms with van der Waals surface area (Å²) in [7, 11) is -3.67. The van der Waals surface area contributed by atoms with Crippen molar-refractivity contribution in [3.8, 4) is 0 Å². The third-order valence-electron chi connectivity index (χ3n) is 7.96. The third kappa shape index (κ3) is 9.64. The molecule has 1 saturated carbocycles. The molecule has 1 fully saturated rings. The first-order valence-corrected chi connectivity index (χ1v) is 16.9. The van der Waals surface area contributed by atoms with Gasteiger partial charge in [0.05, 0.1) is 11.9 Å². The van der Waals surface area contributed by atoms with Crippen molar-refractivity contribution in [3.63, 3.8) is 0 Å². The number of sulfonamides is 1. The number of aryl methyl sites for hydroxylation is 1. The molecule has 0 aromatic heterocycles. The molecule has 2 amide bonds. The number of nitrogens with zero attached hydrogens (tertiary/aromatic N) is 2. The Morgan fingerprint density at radius 3 is 2.19 bits per heavy atom. The van der Waals surface area contributed by atoms with E-state index in [4.69, 9.17) is 0 Å². The van der Waals surface area contributed by atoms with E-state index in [0.29, 0.717) is 12.1 Å². The quantitative estimate of drug-likeness (QED) is 0.267. The van der Waals surface area contributed by atoms with E-state index in [-0.39, 0.29) is 43.8 Å². The number of rotatable bonds is 13. The highest BCUT2D eigenvalue weighted by atomic mass is 32.2. The smallest absolute Gasteiger partial charge is 0.243 e. The summed E-state index contributed by atoms with van der Waals surface area (Å²) in [4.78, 5) is 29.5. The number of hydrogen-bond donors (Lipinski definition) is 1. The third-order valence-corrected chi connectivity index (χ3v) is 9.16. The first kappa shape index (κ1) is 32.2. The molecule has 1 atom stereocenters. The average molecular weight is 608 g/mol. The van der Waals surface area contributed by atoms with Crippen LogP contribution in [0.1, 0.15) is 61.6 Å². The highest BCUT2D eigenvalue weighted by Gasteiger charge is 2.32. The van der Waals surface area contributed by atoms with Crippen LogP contribution < -0.4 is 9.62 Å². The molecule has 43 heavy (non-hydrogen) atoms. The molecule has 0 radical (unpaired) electrons. The Morgan fingerprint density at radius 1 is 0.907 bits per heavy atom. The minimum absolute atomic E-state index is 0.0427. The molecule has 3 aromatic carbocycles. The second-order valence-corrected chi connectivity index (χ2v) is 13.4. The molecule has 0 bridgehead atoms. The number of hydrogen-bond acceptors (Lipinski definition) is 4. The topological polar surface area (TPSA) is 86.8 Å². The molecule has 9 heteroatoms. The molecular weight excluding hydrogens is 565 g/mol. The first-order valence-electron chi connectivity index (χ1n) is 15.0. The van der Waals surface area contributed by atoms with Gasteiger partial charge in [0.1, 0.15) is 11.9 Å². The molecular formula is C34H42FN3O4S. The van der Waals surface area contributed by atoms with Crippen LogP contribution in [0.3, 0.4) is 0 Å². The van der Waals surface area contributed by atoms with E-state index in [9.17, 15) is 22.4 Å². The fourth-order valence-electron chi connectivity index (χ4n) is 5.60. The Bertz CT molecular complexity index is 1440. The Hall–Kier alpha value is -3.72. The van der Waals surface area contributed by atoms with E-state index < -0.39 is 21.9 Å². The summed E-state index contributed by atoms with van der Waals surface area (Å²) < 4.78 is 39.8. The Morgan fingerprint density at radius 2 is 1.56 bits per heavy atom. The summed E-state index contributed by atoms with van der Waals surface area (Å²) in [6.45, 7) is 2.30. The SMILES string of the molecule is Cc1ccc(CN(C(=O)CCCN(c2ccc(F)cc2)S(C)(=O)=O)[C@H](Cc2ccccc2)C(=O)NC2CCCCC2)cc1. The van der Waals surface area contributed by atoms with Gasteiger partial charge in [-0.05, 0) is 61.6 Å². The van der Waals surface area contributed by atoms with Crippen molar-refractivity contribution in [1.82, 2.24) is 10.2 Å². The number of carbonyl (C=O) groups excluding carboxylic acids is 2. The Kier molecular flexibility index (Phi) is 11.3.